The maximum atomic E-state index is 5.65. The van der Waals surface area contributed by atoms with E-state index in [1.165, 1.54) is 0 Å². The number of nitrogens with zero attached hydrogens (tertiary/aromatic N) is 2. The first-order valence-electron chi connectivity index (χ1n) is 8.05. The Morgan fingerprint density at radius 2 is 1.65 bits per heavy atom. The van der Waals surface area contributed by atoms with Crippen molar-refractivity contribution in [3.8, 4) is 5.75 Å². The van der Waals surface area contributed by atoms with Crippen molar-refractivity contribution >= 4 is 17.3 Å². The molecule has 5 heteroatoms. The quantitative estimate of drug-likeness (QED) is 0.794. The smallest absolute Gasteiger partial charge is 0.136 e. The van der Waals surface area contributed by atoms with Crippen LogP contribution in [0.15, 0.2) is 30.3 Å². The van der Waals surface area contributed by atoms with Crippen LogP contribution < -0.4 is 15.4 Å². The van der Waals surface area contributed by atoms with Gasteiger partial charge in [-0.1, -0.05) is 13.8 Å². The largest absolute Gasteiger partial charge is 0.491 e. The first-order chi connectivity index (χ1) is 10.9. The maximum absolute atomic E-state index is 5.65. The first kappa shape index (κ1) is 17.1. The highest BCUT2D eigenvalue weighted by Crippen LogP contribution is 2.21. The average Bonchev–Trinajstić information content (AvgIpc) is 2.46. The van der Waals surface area contributed by atoms with Gasteiger partial charge in [-0.05, 0) is 51.0 Å². The van der Waals surface area contributed by atoms with Crippen LogP contribution in [0.25, 0.3) is 0 Å². The van der Waals surface area contributed by atoms with E-state index in [2.05, 4.69) is 34.4 Å². The van der Waals surface area contributed by atoms with E-state index in [9.17, 15) is 0 Å². The summed E-state index contributed by atoms with van der Waals surface area (Å²) < 4.78 is 5.65. The zero-order valence-corrected chi connectivity index (χ0v) is 14.6. The number of aryl methyl sites for hydroxylation is 1. The van der Waals surface area contributed by atoms with E-state index < -0.39 is 0 Å². The zero-order valence-electron chi connectivity index (χ0n) is 14.6. The molecule has 0 spiro atoms. The summed E-state index contributed by atoms with van der Waals surface area (Å²) in [4.78, 5) is 8.85. The fourth-order valence-electron chi connectivity index (χ4n) is 2.07. The van der Waals surface area contributed by atoms with Crippen molar-refractivity contribution in [1.82, 2.24) is 9.97 Å². The average molecular weight is 314 g/mol. The summed E-state index contributed by atoms with van der Waals surface area (Å²) in [6, 6.07) is 9.79. The molecule has 0 saturated heterocycles. The van der Waals surface area contributed by atoms with Crippen molar-refractivity contribution in [3.63, 3.8) is 0 Å². The van der Waals surface area contributed by atoms with Gasteiger partial charge in [0.15, 0.2) is 0 Å². The third kappa shape index (κ3) is 5.77. The maximum Gasteiger partial charge on any atom is 0.136 e. The van der Waals surface area contributed by atoms with Crippen molar-refractivity contribution in [3.05, 3.63) is 36.2 Å². The molecule has 0 bridgehead atoms. The summed E-state index contributed by atoms with van der Waals surface area (Å²) >= 11 is 0. The molecule has 0 radical (unpaired) electrons. The predicted molar refractivity (Wildman–Crippen MR) is 95.6 cm³/mol. The van der Waals surface area contributed by atoms with E-state index in [4.69, 9.17) is 4.74 Å². The van der Waals surface area contributed by atoms with E-state index >= 15 is 0 Å². The Morgan fingerprint density at radius 1 is 1.00 bits per heavy atom. The van der Waals surface area contributed by atoms with Gasteiger partial charge in [-0.25, -0.2) is 9.97 Å². The minimum absolute atomic E-state index is 0.174. The molecule has 0 atom stereocenters. The molecule has 2 N–H and O–H groups in total. The molecule has 2 aromatic rings. The summed E-state index contributed by atoms with van der Waals surface area (Å²) in [5, 5.41) is 6.64. The molecule has 0 amide bonds. The second-order valence-electron chi connectivity index (χ2n) is 6.28. The predicted octanol–water partition coefficient (Wildman–Crippen LogP) is 4.38. The molecule has 0 fully saturated rings. The zero-order chi connectivity index (χ0) is 16.8. The molecule has 0 aliphatic rings. The molecule has 23 heavy (non-hydrogen) atoms. The van der Waals surface area contributed by atoms with Crippen LogP contribution in [0.3, 0.4) is 0 Å². The van der Waals surface area contributed by atoms with Crippen molar-refractivity contribution in [1.29, 1.82) is 0 Å². The van der Waals surface area contributed by atoms with Gasteiger partial charge in [-0.15, -0.1) is 0 Å². The number of hydrogen-bond acceptors (Lipinski definition) is 5. The van der Waals surface area contributed by atoms with Crippen molar-refractivity contribution in [2.24, 2.45) is 5.92 Å². The van der Waals surface area contributed by atoms with E-state index in [-0.39, 0.29) is 6.10 Å². The molecular formula is C18H26N4O. The van der Waals surface area contributed by atoms with Crippen LogP contribution in [0.2, 0.25) is 0 Å². The van der Waals surface area contributed by atoms with E-state index in [0.29, 0.717) is 5.92 Å². The number of rotatable bonds is 7. The number of anilines is 3. The second-order valence-corrected chi connectivity index (χ2v) is 6.28. The first-order valence-corrected chi connectivity index (χ1v) is 8.05. The normalized spacial score (nSPS) is 10.9. The fraction of sp³-hybridized carbons (Fsp3) is 0.444. The van der Waals surface area contributed by atoms with Gasteiger partial charge < -0.3 is 15.4 Å². The lowest BCUT2D eigenvalue weighted by atomic mass is 10.2. The van der Waals surface area contributed by atoms with E-state index in [0.717, 1.165) is 35.4 Å². The lowest BCUT2D eigenvalue weighted by Crippen LogP contribution is -2.10. The van der Waals surface area contributed by atoms with Crippen molar-refractivity contribution in [2.45, 2.75) is 40.7 Å². The van der Waals surface area contributed by atoms with E-state index in [1.54, 1.807) is 0 Å². The Bertz CT molecular complexity index is 623. The van der Waals surface area contributed by atoms with Crippen LogP contribution in [0.1, 0.15) is 33.5 Å². The van der Waals surface area contributed by atoms with Gasteiger partial charge in [0, 0.05) is 18.3 Å². The lowest BCUT2D eigenvalue weighted by Gasteiger charge is -2.13. The van der Waals surface area contributed by atoms with Crippen LogP contribution in [0.4, 0.5) is 17.3 Å². The number of ether oxygens (including phenoxy) is 1. The van der Waals surface area contributed by atoms with Crippen LogP contribution >= 0.6 is 0 Å². The van der Waals surface area contributed by atoms with Gasteiger partial charge in [0.2, 0.25) is 0 Å². The number of hydrogen-bond donors (Lipinski definition) is 2. The van der Waals surface area contributed by atoms with Crippen LogP contribution in [-0.2, 0) is 0 Å². The molecule has 2 rings (SSSR count). The summed E-state index contributed by atoms with van der Waals surface area (Å²) in [5.41, 5.74) is 0.967. The summed E-state index contributed by atoms with van der Waals surface area (Å²) in [5.74, 6) is 3.79. The Kier molecular flexibility index (Phi) is 5.79. The topological polar surface area (TPSA) is 59.1 Å². The van der Waals surface area contributed by atoms with Gasteiger partial charge in [0.25, 0.3) is 0 Å². The van der Waals surface area contributed by atoms with Gasteiger partial charge in [-0.2, -0.15) is 0 Å². The monoisotopic (exact) mass is 314 g/mol. The summed E-state index contributed by atoms with van der Waals surface area (Å²) in [6.07, 6.45) is 0.174. The minimum atomic E-state index is 0.174. The van der Waals surface area contributed by atoms with Gasteiger partial charge in [-0.3, -0.25) is 0 Å². The SMILES string of the molecule is Cc1nc(NCC(C)C)cc(Nc2ccc(OC(C)C)cc2)n1. The Morgan fingerprint density at radius 3 is 2.26 bits per heavy atom. The van der Waals surface area contributed by atoms with Gasteiger partial charge in [0.1, 0.15) is 23.2 Å². The molecule has 1 aromatic carbocycles. The highest BCUT2D eigenvalue weighted by molar-refractivity contribution is 5.60. The molecular weight excluding hydrogens is 288 g/mol. The number of aromatic nitrogens is 2. The number of nitrogens with one attached hydrogen (secondary N) is 2. The van der Waals surface area contributed by atoms with Crippen molar-refractivity contribution < 1.29 is 4.74 Å². The van der Waals surface area contributed by atoms with Crippen molar-refractivity contribution in [2.75, 3.05) is 17.2 Å². The highest BCUT2D eigenvalue weighted by Gasteiger charge is 2.04. The Hall–Kier alpha value is -2.30. The summed E-state index contributed by atoms with van der Waals surface area (Å²) in [7, 11) is 0. The Labute approximate surface area is 138 Å². The molecule has 0 unspecified atom stereocenters. The standard InChI is InChI=1S/C18H26N4O/c1-12(2)11-19-17-10-18(21-14(5)20-17)22-15-6-8-16(9-7-15)23-13(3)4/h6-10,12-13H,11H2,1-5H3,(H2,19,20,21,22). The Balaban J connectivity index is 2.07. The third-order valence-electron chi connectivity index (χ3n) is 3.03. The minimum Gasteiger partial charge on any atom is -0.491 e. The third-order valence-corrected chi connectivity index (χ3v) is 3.03. The molecule has 5 nitrogen and oxygen atoms in total. The van der Waals surface area contributed by atoms with Crippen LogP contribution in [0, 0.1) is 12.8 Å². The molecule has 0 aliphatic carbocycles. The molecule has 1 aromatic heterocycles. The summed E-state index contributed by atoms with van der Waals surface area (Å²) in [6.45, 7) is 11.1. The molecule has 0 saturated carbocycles. The second kappa shape index (κ2) is 7.81. The fourth-order valence-corrected chi connectivity index (χ4v) is 2.07. The van der Waals surface area contributed by atoms with E-state index in [1.807, 2.05) is 51.1 Å². The van der Waals surface area contributed by atoms with Gasteiger partial charge in [0.05, 0.1) is 6.10 Å². The molecule has 124 valence electrons. The molecule has 1 heterocycles. The highest BCUT2D eigenvalue weighted by atomic mass is 16.5. The number of benzene rings is 1. The van der Waals surface area contributed by atoms with Crippen LogP contribution in [0.5, 0.6) is 5.75 Å². The van der Waals surface area contributed by atoms with Gasteiger partial charge >= 0.3 is 0 Å². The molecule has 0 aliphatic heterocycles. The van der Waals surface area contributed by atoms with Crippen LogP contribution in [-0.4, -0.2) is 22.6 Å². The lowest BCUT2D eigenvalue weighted by molar-refractivity contribution is 0.242.